The fraction of sp³-hybridized carbons (Fsp3) is 0.333. The first-order chi connectivity index (χ1) is 9.11. The van der Waals surface area contributed by atoms with Gasteiger partial charge in [-0.15, -0.1) is 5.10 Å². The number of carbonyl (C=O) groups excluding carboxylic acids is 1. The fourth-order valence-electron chi connectivity index (χ4n) is 1.66. The van der Waals surface area contributed by atoms with E-state index in [1.165, 1.54) is 0 Å². The lowest BCUT2D eigenvalue weighted by Crippen LogP contribution is -2.27. The third kappa shape index (κ3) is 3.17. The summed E-state index contributed by atoms with van der Waals surface area (Å²) in [6.07, 6.45) is 0.433. The van der Waals surface area contributed by atoms with Crippen molar-refractivity contribution < 1.29 is 4.79 Å². The topological polar surface area (TPSA) is 72.7 Å². The van der Waals surface area contributed by atoms with Crippen LogP contribution in [0.15, 0.2) is 28.7 Å². The Bertz CT molecular complexity index is 583. The van der Waals surface area contributed by atoms with E-state index in [1.807, 2.05) is 31.2 Å². The molecule has 0 fully saturated rings. The number of hydrogen-bond acceptors (Lipinski definition) is 4. The molecule has 0 spiro atoms. The molecule has 2 rings (SSSR count). The number of hydrogen-bond donors (Lipinski definition) is 1. The molecule has 0 radical (unpaired) electrons. The van der Waals surface area contributed by atoms with Crippen molar-refractivity contribution >= 4 is 21.8 Å². The molecule has 100 valence electrons. The molecular weight excluding hydrogens is 310 g/mol. The average molecular weight is 324 g/mol. The van der Waals surface area contributed by atoms with Gasteiger partial charge in [-0.05, 0) is 35.5 Å². The van der Waals surface area contributed by atoms with E-state index in [4.69, 9.17) is 0 Å². The van der Waals surface area contributed by atoms with Crippen LogP contribution in [0.4, 0.5) is 0 Å². The van der Waals surface area contributed by atoms with Gasteiger partial charge in [0.05, 0.1) is 11.7 Å². The number of carbonyl (C=O) groups is 1. The summed E-state index contributed by atoms with van der Waals surface area (Å²) < 4.78 is 2.56. The minimum Gasteiger partial charge on any atom is -0.346 e. The highest BCUT2D eigenvalue weighted by molar-refractivity contribution is 9.10. The van der Waals surface area contributed by atoms with Gasteiger partial charge in [0.25, 0.3) is 0 Å². The Hall–Kier alpha value is -1.76. The monoisotopic (exact) mass is 323 g/mol. The number of nitrogens with zero attached hydrogens (tertiary/aromatic N) is 4. The average Bonchev–Trinajstić information content (AvgIpc) is 2.87. The van der Waals surface area contributed by atoms with Crippen LogP contribution >= 0.6 is 15.9 Å². The summed E-state index contributed by atoms with van der Waals surface area (Å²) in [6.45, 7) is 3.66. The third-order valence-electron chi connectivity index (χ3n) is 2.63. The minimum atomic E-state index is -0.249. The molecule has 1 aromatic heterocycles. The van der Waals surface area contributed by atoms with Crippen molar-refractivity contribution in [3.8, 4) is 5.69 Å². The van der Waals surface area contributed by atoms with E-state index in [2.05, 4.69) is 36.8 Å². The van der Waals surface area contributed by atoms with Crippen LogP contribution in [-0.2, 0) is 4.79 Å². The number of rotatable bonds is 4. The van der Waals surface area contributed by atoms with Crippen LogP contribution in [0.1, 0.15) is 32.1 Å². The molecular formula is C12H14BrN5O. The van der Waals surface area contributed by atoms with E-state index < -0.39 is 0 Å². The van der Waals surface area contributed by atoms with E-state index in [-0.39, 0.29) is 11.9 Å². The van der Waals surface area contributed by atoms with Gasteiger partial charge in [-0.2, -0.15) is 4.68 Å². The van der Waals surface area contributed by atoms with Gasteiger partial charge in [0.2, 0.25) is 5.91 Å². The van der Waals surface area contributed by atoms with Crippen LogP contribution in [0, 0.1) is 0 Å². The van der Waals surface area contributed by atoms with Gasteiger partial charge in [-0.1, -0.05) is 28.9 Å². The maximum absolute atomic E-state index is 11.4. The number of aromatic nitrogens is 4. The van der Waals surface area contributed by atoms with E-state index in [1.54, 1.807) is 11.6 Å². The molecule has 19 heavy (non-hydrogen) atoms. The largest absolute Gasteiger partial charge is 0.346 e. The van der Waals surface area contributed by atoms with Crippen molar-refractivity contribution in [2.75, 3.05) is 0 Å². The zero-order valence-electron chi connectivity index (χ0n) is 10.7. The van der Waals surface area contributed by atoms with Crippen molar-refractivity contribution in [2.45, 2.75) is 26.3 Å². The normalized spacial score (nSPS) is 12.2. The number of nitrogens with one attached hydrogen (secondary N) is 1. The van der Waals surface area contributed by atoms with Crippen LogP contribution in [-0.4, -0.2) is 26.1 Å². The molecule has 2 aromatic rings. The quantitative estimate of drug-likeness (QED) is 0.934. The van der Waals surface area contributed by atoms with Crippen LogP contribution in [0.3, 0.4) is 0 Å². The van der Waals surface area contributed by atoms with Crippen molar-refractivity contribution in [3.63, 3.8) is 0 Å². The molecule has 0 aliphatic heterocycles. The highest BCUT2D eigenvalue weighted by Gasteiger charge is 2.17. The van der Waals surface area contributed by atoms with Crippen molar-refractivity contribution in [1.82, 2.24) is 25.5 Å². The summed E-state index contributed by atoms with van der Waals surface area (Å²) >= 11 is 3.41. The molecule has 6 nitrogen and oxygen atoms in total. The summed E-state index contributed by atoms with van der Waals surface area (Å²) in [7, 11) is 0. The summed E-state index contributed by atoms with van der Waals surface area (Å²) in [5.74, 6) is 0.566. The zero-order valence-corrected chi connectivity index (χ0v) is 12.3. The summed E-state index contributed by atoms with van der Waals surface area (Å²) in [5.41, 5.74) is 0.840. The molecule has 1 aromatic carbocycles. The van der Waals surface area contributed by atoms with Gasteiger partial charge in [-0.25, -0.2) is 0 Å². The van der Waals surface area contributed by atoms with Crippen molar-refractivity contribution in [1.29, 1.82) is 0 Å². The summed E-state index contributed by atoms with van der Waals surface area (Å²) in [4.78, 5) is 11.4. The molecule has 1 heterocycles. The van der Waals surface area contributed by atoms with Gasteiger partial charge >= 0.3 is 0 Å². The zero-order chi connectivity index (χ0) is 13.8. The predicted molar refractivity (Wildman–Crippen MR) is 73.7 cm³/mol. The molecule has 0 saturated carbocycles. The number of amides is 1. The van der Waals surface area contributed by atoms with E-state index in [0.29, 0.717) is 12.2 Å². The van der Waals surface area contributed by atoms with Crippen LogP contribution in [0.5, 0.6) is 0 Å². The lowest BCUT2D eigenvalue weighted by atomic mass is 10.2. The van der Waals surface area contributed by atoms with E-state index in [0.717, 1.165) is 10.2 Å². The fourth-order valence-corrected chi connectivity index (χ4v) is 2.05. The van der Waals surface area contributed by atoms with E-state index in [9.17, 15) is 4.79 Å². The first-order valence-corrected chi connectivity index (χ1v) is 6.74. The van der Waals surface area contributed by atoms with Gasteiger partial charge in [-0.3, -0.25) is 4.79 Å². The standard InChI is InChI=1S/C12H14BrN5O/c1-3-11(19)14-8(2)12-15-16-17-18(12)10-6-4-5-9(13)7-10/h4-8H,3H2,1-2H3,(H,14,19). The number of halogens is 1. The highest BCUT2D eigenvalue weighted by atomic mass is 79.9. The van der Waals surface area contributed by atoms with Crippen LogP contribution < -0.4 is 5.32 Å². The van der Waals surface area contributed by atoms with Crippen molar-refractivity contribution in [2.24, 2.45) is 0 Å². The molecule has 1 N–H and O–H groups in total. The Balaban J connectivity index is 2.29. The lowest BCUT2D eigenvalue weighted by molar-refractivity contribution is -0.121. The second kappa shape index (κ2) is 5.92. The number of tetrazole rings is 1. The summed E-state index contributed by atoms with van der Waals surface area (Å²) in [5, 5.41) is 14.5. The molecule has 0 aliphatic carbocycles. The Kier molecular flexibility index (Phi) is 4.26. The highest BCUT2D eigenvalue weighted by Crippen LogP contribution is 2.18. The predicted octanol–water partition coefficient (Wildman–Crippen LogP) is 2.01. The Labute approximate surface area is 119 Å². The Morgan fingerprint density at radius 3 is 3.00 bits per heavy atom. The van der Waals surface area contributed by atoms with Gasteiger partial charge in [0, 0.05) is 10.9 Å². The molecule has 7 heteroatoms. The Morgan fingerprint density at radius 2 is 2.32 bits per heavy atom. The molecule has 1 unspecified atom stereocenters. The maximum atomic E-state index is 11.4. The second-order valence-corrected chi connectivity index (χ2v) is 4.99. The molecule has 1 atom stereocenters. The number of benzene rings is 1. The SMILES string of the molecule is CCC(=O)NC(C)c1nnnn1-c1cccc(Br)c1. The first kappa shape index (κ1) is 13.7. The van der Waals surface area contributed by atoms with Crippen LogP contribution in [0.2, 0.25) is 0 Å². The van der Waals surface area contributed by atoms with Crippen molar-refractivity contribution in [3.05, 3.63) is 34.6 Å². The third-order valence-corrected chi connectivity index (χ3v) is 3.13. The molecule has 1 amide bonds. The lowest BCUT2D eigenvalue weighted by Gasteiger charge is -2.13. The molecule has 0 aliphatic rings. The van der Waals surface area contributed by atoms with Gasteiger partial charge in [0.15, 0.2) is 5.82 Å². The smallest absolute Gasteiger partial charge is 0.220 e. The Morgan fingerprint density at radius 1 is 1.53 bits per heavy atom. The van der Waals surface area contributed by atoms with Gasteiger partial charge < -0.3 is 5.32 Å². The van der Waals surface area contributed by atoms with E-state index >= 15 is 0 Å². The maximum Gasteiger partial charge on any atom is 0.220 e. The van der Waals surface area contributed by atoms with Crippen LogP contribution in [0.25, 0.3) is 5.69 Å². The molecule has 0 saturated heterocycles. The molecule has 0 bridgehead atoms. The van der Waals surface area contributed by atoms with Gasteiger partial charge in [0.1, 0.15) is 0 Å². The second-order valence-electron chi connectivity index (χ2n) is 4.07. The minimum absolute atomic E-state index is 0.0312. The first-order valence-electron chi connectivity index (χ1n) is 5.95. The summed E-state index contributed by atoms with van der Waals surface area (Å²) in [6, 6.07) is 7.39.